The SMILES string of the molecule is CCCNCc1coc(N(C)CC2(N(C)C)CCC2)n1. The molecule has 2 rings (SSSR count). The first-order valence-electron chi connectivity index (χ1n) is 7.61. The van der Waals surface area contributed by atoms with Crippen molar-refractivity contribution in [1.82, 2.24) is 15.2 Å². The molecule has 5 heteroatoms. The minimum Gasteiger partial charge on any atom is -0.432 e. The molecule has 20 heavy (non-hydrogen) atoms. The molecule has 0 aliphatic heterocycles. The van der Waals surface area contributed by atoms with Crippen LogP contribution in [0.3, 0.4) is 0 Å². The van der Waals surface area contributed by atoms with E-state index in [0.717, 1.165) is 37.8 Å². The van der Waals surface area contributed by atoms with Crippen LogP contribution in [0.1, 0.15) is 38.3 Å². The number of nitrogens with one attached hydrogen (secondary N) is 1. The molecule has 0 bridgehead atoms. The molecule has 1 aromatic rings. The monoisotopic (exact) mass is 280 g/mol. The minimum atomic E-state index is 0.295. The van der Waals surface area contributed by atoms with Crippen molar-refractivity contribution in [3.05, 3.63) is 12.0 Å². The van der Waals surface area contributed by atoms with Crippen molar-refractivity contribution in [2.75, 3.05) is 39.1 Å². The zero-order chi connectivity index (χ0) is 14.6. The van der Waals surface area contributed by atoms with E-state index in [1.54, 1.807) is 6.26 Å². The van der Waals surface area contributed by atoms with Gasteiger partial charge in [0.25, 0.3) is 6.01 Å². The number of anilines is 1. The van der Waals surface area contributed by atoms with E-state index in [1.165, 1.54) is 19.3 Å². The first kappa shape index (κ1) is 15.3. The van der Waals surface area contributed by atoms with Crippen LogP contribution in [-0.4, -0.2) is 49.7 Å². The van der Waals surface area contributed by atoms with Gasteiger partial charge in [-0.05, 0) is 46.3 Å². The third-order valence-electron chi connectivity index (χ3n) is 4.36. The van der Waals surface area contributed by atoms with Gasteiger partial charge in [0.15, 0.2) is 0 Å². The van der Waals surface area contributed by atoms with Crippen molar-refractivity contribution < 1.29 is 4.42 Å². The predicted octanol–water partition coefficient (Wildman–Crippen LogP) is 2.09. The molecule has 0 aromatic carbocycles. The average Bonchev–Trinajstić information content (AvgIpc) is 2.82. The van der Waals surface area contributed by atoms with E-state index in [0.29, 0.717) is 5.54 Å². The zero-order valence-corrected chi connectivity index (χ0v) is 13.3. The number of hydrogen-bond acceptors (Lipinski definition) is 5. The molecule has 0 amide bonds. The highest BCUT2D eigenvalue weighted by Gasteiger charge is 2.40. The van der Waals surface area contributed by atoms with Crippen LogP contribution in [0.4, 0.5) is 6.01 Å². The first-order valence-corrected chi connectivity index (χ1v) is 7.61. The summed E-state index contributed by atoms with van der Waals surface area (Å²) in [7, 11) is 6.41. The number of oxazole rings is 1. The molecule has 1 heterocycles. The second-order valence-corrected chi connectivity index (χ2v) is 6.13. The number of hydrogen-bond donors (Lipinski definition) is 1. The van der Waals surface area contributed by atoms with Crippen molar-refractivity contribution in [3.8, 4) is 0 Å². The van der Waals surface area contributed by atoms with Crippen LogP contribution in [-0.2, 0) is 6.54 Å². The van der Waals surface area contributed by atoms with Gasteiger partial charge in [-0.25, -0.2) is 0 Å². The third-order valence-corrected chi connectivity index (χ3v) is 4.36. The van der Waals surface area contributed by atoms with E-state index in [2.05, 4.69) is 48.2 Å². The largest absolute Gasteiger partial charge is 0.432 e. The number of rotatable bonds is 8. The lowest BCUT2D eigenvalue weighted by atomic mass is 9.75. The lowest BCUT2D eigenvalue weighted by Gasteiger charge is -2.48. The van der Waals surface area contributed by atoms with Crippen LogP contribution in [0.2, 0.25) is 0 Å². The van der Waals surface area contributed by atoms with Gasteiger partial charge in [0.2, 0.25) is 0 Å². The Morgan fingerprint density at radius 2 is 2.10 bits per heavy atom. The third kappa shape index (κ3) is 3.33. The topological polar surface area (TPSA) is 44.5 Å². The quantitative estimate of drug-likeness (QED) is 0.739. The Labute approximate surface area is 122 Å². The van der Waals surface area contributed by atoms with E-state index in [4.69, 9.17) is 4.42 Å². The standard InChI is InChI=1S/C15H28N4O/c1-5-9-16-10-13-11-20-14(17-13)19(4)12-15(18(2)3)7-6-8-15/h11,16H,5-10,12H2,1-4H3. The van der Waals surface area contributed by atoms with Gasteiger partial charge in [0.05, 0.1) is 5.69 Å². The van der Waals surface area contributed by atoms with Crippen LogP contribution in [0.15, 0.2) is 10.7 Å². The van der Waals surface area contributed by atoms with Crippen molar-refractivity contribution in [3.63, 3.8) is 0 Å². The molecule has 114 valence electrons. The van der Waals surface area contributed by atoms with Gasteiger partial charge in [-0.3, -0.25) is 0 Å². The zero-order valence-electron chi connectivity index (χ0n) is 13.3. The molecule has 1 saturated carbocycles. The predicted molar refractivity (Wildman–Crippen MR) is 82.0 cm³/mol. The molecule has 0 unspecified atom stereocenters. The molecule has 0 saturated heterocycles. The fraction of sp³-hybridized carbons (Fsp3) is 0.800. The Kier molecular flexibility index (Phi) is 5.05. The summed E-state index contributed by atoms with van der Waals surface area (Å²) < 4.78 is 5.61. The molecule has 1 aliphatic rings. The lowest BCUT2D eigenvalue weighted by molar-refractivity contribution is 0.0673. The smallest absolute Gasteiger partial charge is 0.297 e. The van der Waals surface area contributed by atoms with Gasteiger partial charge in [-0.1, -0.05) is 6.92 Å². The summed E-state index contributed by atoms with van der Waals surface area (Å²) in [5, 5.41) is 3.34. The molecule has 1 aliphatic carbocycles. The normalized spacial score (nSPS) is 17.2. The summed E-state index contributed by atoms with van der Waals surface area (Å²) in [5.41, 5.74) is 1.27. The summed E-state index contributed by atoms with van der Waals surface area (Å²) >= 11 is 0. The molecule has 0 radical (unpaired) electrons. The Morgan fingerprint density at radius 3 is 2.65 bits per heavy atom. The van der Waals surface area contributed by atoms with Crippen LogP contribution in [0.5, 0.6) is 0 Å². The minimum absolute atomic E-state index is 0.295. The van der Waals surface area contributed by atoms with Gasteiger partial charge in [-0.2, -0.15) is 4.98 Å². The van der Waals surface area contributed by atoms with Crippen molar-refractivity contribution in [2.24, 2.45) is 0 Å². The van der Waals surface area contributed by atoms with Gasteiger partial charge >= 0.3 is 0 Å². The highest BCUT2D eigenvalue weighted by molar-refractivity contribution is 5.27. The van der Waals surface area contributed by atoms with Crippen LogP contribution in [0.25, 0.3) is 0 Å². The van der Waals surface area contributed by atoms with Crippen molar-refractivity contribution in [1.29, 1.82) is 0 Å². The molecule has 1 aromatic heterocycles. The van der Waals surface area contributed by atoms with E-state index in [1.807, 2.05) is 0 Å². The maximum Gasteiger partial charge on any atom is 0.297 e. The molecular weight excluding hydrogens is 252 g/mol. The summed E-state index contributed by atoms with van der Waals surface area (Å²) in [4.78, 5) is 9.05. The van der Waals surface area contributed by atoms with Gasteiger partial charge in [0.1, 0.15) is 6.26 Å². The van der Waals surface area contributed by atoms with Crippen LogP contribution < -0.4 is 10.2 Å². The van der Waals surface area contributed by atoms with E-state index in [9.17, 15) is 0 Å². The van der Waals surface area contributed by atoms with Crippen LogP contribution in [0, 0.1) is 0 Å². The number of likely N-dealkylation sites (N-methyl/N-ethyl adjacent to an activating group) is 2. The van der Waals surface area contributed by atoms with E-state index < -0.39 is 0 Å². The van der Waals surface area contributed by atoms with Crippen molar-refractivity contribution >= 4 is 6.01 Å². The van der Waals surface area contributed by atoms with Crippen molar-refractivity contribution in [2.45, 2.75) is 44.7 Å². The van der Waals surface area contributed by atoms with E-state index >= 15 is 0 Å². The van der Waals surface area contributed by atoms with Gasteiger partial charge < -0.3 is 19.5 Å². The Morgan fingerprint density at radius 1 is 1.35 bits per heavy atom. The maximum absolute atomic E-state index is 5.61. The number of nitrogens with zero attached hydrogens (tertiary/aromatic N) is 3. The fourth-order valence-corrected chi connectivity index (χ4v) is 2.79. The van der Waals surface area contributed by atoms with Crippen LogP contribution >= 0.6 is 0 Å². The summed E-state index contributed by atoms with van der Waals surface area (Å²) in [5.74, 6) is 0. The van der Waals surface area contributed by atoms with Gasteiger partial charge in [0, 0.05) is 25.7 Å². The summed E-state index contributed by atoms with van der Waals surface area (Å²) in [6, 6.07) is 0.728. The Hall–Kier alpha value is -1.07. The molecule has 1 fully saturated rings. The highest BCUT2D eigenvalue weighted by atomic mass is 16.4. The average molecular weight is 280 g/mol. The fourth-order valence-electron chi connectivity index (χ4n) is 2.79. The first-order chi connectivity index (χ1) is 9.57. The molecule has 1 N–H and O–H groups in total. The molecule has 0 spiro atoms. The molecule has 5 nitrogen and oxygen atoms in total. The second-order valence-electron chi connectivity index (χ2n) is 6.13. The Bertz CT molecular complexity index is 412. The lowest BCUT2D eigenvalue weighted by Crippen LogP contribution is -2.56. The highest BCUT2D eigenvalue weighted by Crippen LogP contribution is 2.37. The molecular formula is C15H28N4O. The number of aromatic nitrogens is 1. The maximum atomic E-state index is 5.61. The Balaban J connectivity index is 1.90. The van der Waals surface area contributed by atoms with Gasteiger partial charge in [-0.15, -0.1) is 0 Å². The second kappa shape index (κ2) is 6.59. The summed E-state index contributed by atoms with van der Waals surface area (Å²) in [6.07, 6.45) is 6.74. The molecule has 0 atom stereocenters. The summed E-state index contributed by atoms with van der Waals surface area (Å²) in [6.45, 7) is 4.93. The van der Waals surface area contributed by atoms with E-state index in [-0.39, 0.29) is 0 Å².